The van der Waals surface area contributed by atoms with Crippen LogP contribution in [0, 0.1) is 11.8 Å². The topological polar surface area (TPSA) is 96.4 Å². The maximum Gasteiger partial charge on any atom is 0.312 e. The first kappa shape index (κ1) is 29.5. The van der Waals surface area contributed by atoms with Crippen molar-refractivity contribution in [3.63, 3.8) is 0 Å². The number of hydrogen-bond donors (Lipinski definition) is 1. The first-order chi connectivity index (χ1) is 19.8. The number of carbonyl (C=O) groups excluding carboxylic acids is 3. The molecule has 3 aliphatic heterocycles. The van der Waals surface area contributed by atoms with E-state index in [4.69, 9.17) is 9.47 Å². The number of rotatable bonds is 12. The van der Waals surface area contributed by atoms with E-state index in [-0.39, 0.29) is 36.4 Å². The van der Waals surface area contributed by atoms with Crippen LogP contribution in [-0.2, 0) is 23.9 Å². The van der Waals surface area contributed by atoms with Gasteiger partial charge in [0.2, 0.25) is 5.91 Å². The van der Waals surface area contributed by atoms with Gasteiger partial charge in [-0.15, -0.1) is 13.2 Å². The van der Waals surface area contributed by atoms with Gasteiger partial charge in [0, 0.05) is 17.1 Å². The summed E-state index contributed by atoms with van der Waals surface area (Å²) in [6, 6.07) is 12.0. The Kier molecular flexibility index (Phi) is 8.68. The molecule has 3 unspecified atom stereocenters. The van der Waals surface area contributed by atoms with Crippen LogP contribution in [0.2, 0.25) is 0 Å². The first-order valence-corrected chi connectivity index (χ1v) is 15.1. The fourth-order valence-electron chi connectivity index (χ4n) is 6.78. The van der Waals surface area contributed by atoms with Crippen molar-refractivity contribution in [1.29, 1.82) is 0 Å². The molecule has 0 saturated carbocycles. The summed E-state index contributed by atoms with van der Waals surface area (Å²) in [5.41, 5.74) is -0.574. The highest BCUT2D eigenvalue weighted by Gasteiger charge is 2.77. The van der Waals surface area contributed by atoms with Crippen LogP contribution in [-0.4, -0.2) is 76.2 Å². The number of esters is 1. The molecule has 3 fully saturated rings. The summed E-state index contributed by atoms with van der Waals surface area (Å²) in [7, 11) is 0. The Bertz CT molecular complexity index is 1350. The number of allylic oxidation sites excluding steroid dienone is 1. The maximum absolute atomic E-state index is 14.6. The van der Waals surface area contributed by atoms with E-state index in [0.717, 1.165) is 23.6 Å². The number of unbranched alkanes of at least 4 members (excludes halogenated alkanes) is 2. The van der Waals surface area contributed by atoms with Gasteiger partial charge in [0.25, 0.3) is 5.91 Å². The molecule has 0 radical (unpaired) electrons. The number of amides is 2. The number of aliphatic hydroxyl groups is 1. The molecule has 0 aliphatic carbocycles. The molecule has 2 aromatic rings. The lowest BCUT2D eigenvalue weighted by Gasteiger charge is -2.38. The number of halogens is 1. The van der Waals surface area contributed by atoms with Gasteiger partial charge >= 0.3 is 5.97 Å². The molecule has 0 aromatic heterocycles. The van der Waals surface area contributed by atoms with E-state index < -0.39 is 41.6 Å². The molecule has 2 aromatic carbocycles. The van der Waals surface area contributed by atoms with Crippen molar-refractivity contribution in [3.05, 3.63) is 67.8 Å². The molecule has 1 spiro atoms. The van der Waals surface area contributed by atoms with Gasteiger partial charge in [-0.1, -0.05) is 58.4 Å². The van der Waals surface area contributed by atoms with Crippen molar-refractivity contribution in [2.24, 2.45) is 11.8 Å². The van der Waals surface area contributed by atoms with E-state index >= 15 is 0 Å². The molecule has 5 rings (SSSR count). The van der Waals surface area contributed by atoms with E-state index in [1.165, 1.54) is 4.90 Å². The van der Waals surface area contributed by atoms with Crippen LogP contribution in [0.15, 0.2) is 67.8 Å². The molecule has 218 valence electrons. The minimum absolute atomic E-state index is 0.210. The summed E-state index contributed by atoms with van der Waals surface area (Å²) in [5.74, 6) is -2.92. The number of hydrogen-bond acceptors (Lipinski definition) is 6. The zero-order chi connectivity index (χ0) is 29.3. The van der Waals surface area contributed by atoms with Gasteiger partial charge in [0.1, 0.15) is 11.6 Å². The zero-order valence-corrected chi connectivity index (χ0v) is 24.9. The number of fused-ring (bicyclic) bond motifs is 2. The number of benzene rings is 2. The van der Waals surface area contributed by atoms with Gasteiger partial charge in [0.15, 0.2) is 0 Å². The van der Waals surface area contributed by atoms with Crippen LogP contribution in [0.4, 0.5) is 5.69 Å². The predicted molar refractivity (Wildman–Crippen MR) is 161 cm³/mol. The molecule has 9 heteroatoms. The first-order valence-electron chi connectivity index (χ1n) is 14.2. The van der Waals surface area contributed by atoms with Crippen LogP contribution in [0.3, 0.4) is 0 Å². The van der Waals surface area contributed by atoms with E-state index in [1.54, 1.807) is 17.9 Å². The highest BCUT2D eigenvalue weighted by Crippen LogP contribution is 2.60. The monoisotopic (exact) mass is 624 g/mol. The van der Waals surface area contributed by atoms with Crippen LogP contribution in [0.5, 0.6) is 0 Å². The molecular formula is C32H37BrN2O6. The van der Waals surface area contributed by atoms with Crippen LogP contribution >= 0.6 is 15.9 Å². The summed E-state index contributed by atoms with van der Waals surface area (Å²) in [6.45, 7) is 9.40. The molecule has 2 bridgehead atoms. The SMILES string of the molecule is C=CCCCCOC(=O)[C@H]1[C@H]2C(=O)N([C@H](C)CO)C(C(=O)N(CC=C)c3ccc4ccccc4c3)C23CC(Br)[C@@H]1O3. The highest BCUT2D eigenvalue weighted by atomic mass is 79.9. The Balaban J connectivity index is 1.51. The summed E-state index contributed by atoms with van der Waals surface area (Å²) in [6.07, 6.45) is 5.61. The zero-order valence-electron chi connectivity index (χ0n) is 23.3. The second kappa shape index (κ2) is 12.1. The summed E-state index contributed by atoms with van der Waals surface area (Å²) >= 11 is 3.68. The number of ether oxygens (including phenoxy) is 2. The fourth-order valence-corrected chi connectivity index (χ4v) is 7.72. The number of carbonyl (C=O) groups is 3. The summed E-state index contributed by atoms with van der Waals surface area (Å²) in [5, 5.41) is 12.2. The lowest BCUT2D eigenvalue weighted by molar-refractivity contribution is -0.155. The largest absolute Gasteiger partial charge is 0.465 e. The fraction of sp³-hybridized carbons (Fsp3) is 0.469. The van der Waals surface area contributed by atoms with Crippen LogP contribution in [0.25, 0.3) is 10.8 Å². The van der Waals surface area contributed by atoms with E-state index in [2.05, 4.69) is 29.1 Å². The number of nitrogens with zero attached hydrogens (tertiary/aromatic N) is 2. The summed E-state index contributed by atoms with van der Waals surface area (Å²) < 4.78 is 12.2. The van der Waals surface area contributed by atoms with Crippen molar-refractivity contribution in [2.75, 3.05) is 24.7 Å². The molecule has 8 nitrogen and oxygen atoms in total. The average molecular weight is 626 g/mol. The van der Waals surface area contributed by atoms with E-state index in [9.17, 15) is 19.5 Å². The van der Waals surface area contributed by atoms with E-state index in [0.29, 0.717) is 18.5 Å². The van der Waals surface area contributed by atoms with Gasteiger partial charge in [-0.2, -0.15) is 0 Å². The molecule has 2 amide bonds. The Morgan fingerprint density at radius 3 is 2.68 bits per heavy atom. The van der Waals surface area contributed by atoms with Crippen molar-refractivity contribution < 1.29 is 29.0 Å². The molecule has 41 heavy (non-hydrogen) atoms. The summed E-state index contributed by atoms with van der Waals surface area (Å²) in [4.78, 5) is 45.0. The Hall–Kier alpha value is -3.01. The lowest BCUT2D eigenvalue weighted by atomic mass is 9.70. The van der Waals surface area contributed by atoms with Gasteiger partial charge in [-0.25, -0.2) is 0 Å². The third-order valence-electron chi connectivity index (χ3n) is 8.64. The van der Waals surface area contributed by atoms with Crippen LogP contribution < -0.4 is 4.90 Å². The van der Waals surface area contributed by atoms with Crippen molar-refractivity contribution in [1.82, 2.24) is 4.90 Å². The van der Waals surface area contributed by atoms with Gasteiger partial charge in [-0.3, -0.25) is 14.4 Å². The molecular weight excluding hydrogens is 588 g/mol. The highest BCUT2D eigenvalue weighted by molar-refractivity contribution is 9.09. The normalized spacial score (nSPS) is 28.9. The molecule has 3 saturated heterocycles. The minimum Gasteiger partial charge on any atom is -0.465 e. The number of alkyl halides is 1. The van der Waals surface area contributed by atoms with Crippen molar-refractivity contribution >= 4 is 50.2 Å². The van der Waals surface area contributed by atoms with Gasteiger partial charge in [-0.05, 0) is 55.5 Å². The predicted octanol–water partition coefficient (Wildman–Crippen LogP) is 4.39. The Morgan fingerprint density at radius 1 is 1.22 bits per heavy atom. The molecule has 3 aliphatic rings. The lowest BCUT2D eigenvalue weighted by Crippen LogP contribution is -2.58. The third-order valence-corrected chi connectivity index (χ3v) is 9.49. The van der Waals surface area contributed by atoms with E-state index in [1.807, 2.05) is 48.5 Å². The third kappa shape index (κ3) is 5.02. The van der Waals surface area contributed by atoms with Crippen LogP contribution in [0.1, 0.15) is 32.6 Å². The van der Waals surface area contributed by atoms with Gasteiger partial charge < -0.3 is 24.4 Å². The number of anilines is 1. The quantitative estimate of drug-likeness (QED) is 0.163. The smallest absolute Gasteiger partial charge is 0.312 e. The maximum atomic E-state index is 14.6. The average Bonchev–Trinajstić information content (AvgIpc) is 3.58. The van der Waals surface area contributed by atoms with Crippen molar-refractivity contribution in [2.45, 2.75) is 61.2 Å². The molecule has 1 N–H and O–H groups in total. The standard InChI is InChI=1S/C32H37BrN2O6/c1-4-6-7-10-16-40-31(39)25-26-29(37)35(20(3)19-36)28(32(26)18-24(33)27(25)41-32)30(38)34(15-5-2)23-14-13-21-11-8-9-12-22(21)17-23/h4-5,8-9,11-14,17,20,24-28,36H,1-2,6-7,10,15-16,18-19H2,3H3/t20-,24?,25+,26+,27+,28?,32?/m1/s1. The second-order valence-electron chi connectivity index (χ2n) is 11.2. The second-order valence-corrected chi connectivity index (χ2v) is 12.3. The Labute approximate surface area is 249 Å². The molecule has 7 atom stereocenters. The number of aliphatic hydroxyl groups excluding tert-OH is 1. The molecule has 3 heterocycles. The van der Waals surface area contributed by atoms with Gasteiger partial charge in [0.05, 0.1) is 37.2 Å². The number of likely N-dealkylation sites (tertiary alicyclic amines) is 1. The Morgan fingerprint density at radius 2 is 1.98 bits per heavy atom. The minimum atomic E-state index is -1.24. The van der Waals surface area contributed by atoms with Crippen molar-refractivity contribution in [3.8, 4) is 0 Å².